The Morgan fingerprint density at radius 2 is 1.18 bits per heavy atom. The van der Waals surface area contributed by atoms with E-state index >= 15 is 17.6 Å². The maximum Gasteiger partial charge on any atom is 0.339 e. The molecule has 0 aromatic heterocycles. The van der Waals surface area contributed by atoms with E-state index in [9.17, 15) is 58.6 Å². The van der Waals surface area contributed by atoms with Crippen LogP contribution in [0.1, 0.15) is 78.1 Å². The van der Waals surface area contributed by atoms with E-state index in [-0.39, 0.29) is 48.8 Å². The molecule has 0 bridgehead atoms. The highest BCUT2D eigenvalue weighted by molar-refractivity contribution is 6.02. The van der Waals surface area contributed by atoms with Gasteiger partial charge in [0, 0.05) is 45.1 Å². The number of ketones is 2. The van der Waals surface area contributed by atoms with Gasteiger partial charge in [-0.1, -0.05) is 26.0 Å². The van der Waals surface area contributed by atoms with Gasteiger partial charge in [0.05, 0.1) is 18.3 Å². The van der Waals surface area contributed by atoms with Crippen LogP contribution in [-0.4, -0.2) is 113 Å². The SMILES string of the molecule is C[C@]12C=CC(=O)C=C1[C@@H](F)C[C@H]1[C@@H]3C[C@@H](O)[C@](O)(C(=O)O)[C@@]3(C)C[C@H](O)[C@@]12F.C[C@]12C=CC(=O)C=C1[C@@H](F)C[C@H]1[C@@H]3C[C@H]4OC(c5ccc(F)cc5F)O[C@@]4(C(=O)O)[C@@]3(C)C[C@H](O)[C@@]12F. The normalized spacial score (nSPS) is 51.1. The molecule has 1 heterocycles. The lowest BCUT2D eigenvalue weighted by Gasteiger charge is -2.62. The molecule has 1 aliphatic heterocycles. The average molecular weight is 921 g/mol. The molecule has 352 valence electrons. The topological polar surface area (TPSA) is 208 Å². The summed E-state index contributed by atoms with van der Waals surface area (Å²) in [6.45, 7) is 5.85. The van der Waals surface area contributed by atoms with Gasteiger partial charge in [0.2, 0.25) is 0 Å². The summed E-state index contributed by atoms with van der Waals surface area (Å²) in [6, 6.07) is 2.73. The number of allylic oxidation sites excluding steroid dienone is 8. The number of fused-ring (bicyclic) bond motifs is 12. The standard InChI is InChI=1S/C27H26F4O6.C20H24F2O6/c1-24-6-5-13(32)8-17(24)19(30)9-16-15-10-21-27(23(34)35,25(15,2)11-20(33)26(16,24)31)37-22(36-21)14-4-3-12(28)7-18(14)29;1-17-4-3-9(23)5-12(17)13(21)6-11-10-7-14(24)20(28,16(26)27)18(10,2)8-15(25)19(11,17)22/h3-8,15-16,19-22,33H,9-11H2,1-2H3,(H,34,35);3-5,10-11,13-15,24-25,28H,6-8H2,1-2H3,(H,26,27)/t15-,16-,19-,20-,21+,22?,24-,25-,26-,27-;10-,11-,13-,14+,15-,17-,18-,19-,20-/m00/s1. The van der Waals surface area contributed by atoms with Crippen LogP contribution in [0.3, 0.4) is 0 Å². The number of alkyl halides is 4. The molecule has 0 radical (unpaired) electrons. The lowest BCUT2D eigenvalue weighted by Crippen LogP contribution is -2.70. The lowest BCUT2D eigenvalue weighted by atomic mass is 9.44. The number of carbonyl (C=O) groups is 4. The molecule has 10 rings (SSSR count). The van der Waals surface area contributed by atoms with Crippen molar-refractivity contribution in [3.05, 3.63) is 83.0 Å². The molecule has 0 amide bonds. The Labute approximate surface area is 368 Å². The predicted molar refractivity (Wildman–Crippen MR) is 212 cm³/mol. The number of aliphatic hydroxyl groups excluding tert-OH is 3. The molecule has 8 aliphatic carbocycles. The minimum Gasteiger partial charge on any atom is -0.479 e. The van der Waals surface area contributed by atoms with Crippen molar-refractivity contribution in [3.63, 3.8) is 0 Å². The summed E-state index contributed by atoms with van der Waals surface area (Å²) in [7, 11) is 0. The number of carbonyl (C=O) groups excluding carboxylic acids is 2. The van der Waals surface area contributed by atoms with Gasteiger partial charge in [0.15, 0.2) is 40.4 Å². The van der Waals surface area contributed by atoms with Crippen LogP contribution in [0.2, 0.25) is 0 Å². The van der Waals surface area contributed by atoms with Gasteiger partial charge < -0.3 is 40.1 Å². The second kappa shape index (κ2) is 14.2. The predicted octanol–water partition coefficient (Wildman–Crippen LogP) is 5.22. The number of ether oxygens (including phenoxy) is 2. The summed E-state index contributed by atoms with van der Waals surface area (Å²) in [5, 5.41) is 63.5. The van der Waals surface area contributed by atoms with Crippen molar-refractivity contribution >= 4 is 23.5 Å². The molecule has 19 atom stereocenters. The first-order valence-corrected chi connectivity index (χ1v) is 21.7. The number of aliphatic carboxylic acids is 2. The van der Waals surface area contributed by atoms with E-state index in [2.05, 4.69) is 0 Å². The van der Waals surface area contributed by atoms with Gasteiger partial charge in [0.25, 0.3) is 0 Å². The van der Waals surface area contributed by atoms with Crippen LogP contribution >= 0.6 is 0 Å². The maximum atomic E-state index is 17.2. The van der Waals surface area contributed by atoms with E-state index in [0.29, 0.717) is 6.07 Å². The Balaban J connectivity index is 0.000000171. The third-order valence-electron chi connectivity index (χ3n) is 18.1. The Morgan fingerprint density at radius 3 is 1.66 bits per heavy atom. The van der Waals surface area contributed by atoms with Gasteiger partial charge in [-0.25, -0.2) is 35.9 Å². The van der Waals surface area contributed by atoms with E-state index in [1.165, 1.54) is 32.9 Å². The van der Waals surface area contributed by atoms with Gasteiger partial charge in [-0.15, -0.1) is 0 Å². The molecule has 6 saturated carbocycles. The van der Waals surface area contributed by atoms with Crippen LogP contribution < -0.4 is 0 Å². The molecule has 6 N–H and O–H groups in total. The highest BCUT2D eigenvalue weighted by atomic mass is 19.2. The smallest absolute Gasteiger partial charge is 0.339 e. The fourth-order valence-electron chi connectivity index (χ4n) is 14.8. The molecule has 1 aromatic carbocycles. The average Bonchev–Trinajstić information content (AvgIpc) is 3.80. The molecule has 9 aliphatic rings. The zero-order chi connectivity index (χ0) is 47.6. The summed E-state index contributed by atoms with van der Waals surface area (Å²) >= 11 is 0. The molecule has 0 spiro atoms. The molecule has 65 heavy (non-hydrogen) atoms. The zero-order valence-corrected chi connectivity index (χ0v) is 35.7. The summed E-state index contributed by atoms with van der Waals surface area (Å²) in [6.07, 6.45) is -5.73. The number of carboxylic acids is 2. The van der Waals surface area contributed by atoms with Crippen molar-refractivity contribution < 1.29 is 85.6 Å². The first-order valence-electron chi connectivity index (χ1n) is 21.7. The molecule has 18 heteroatoms. The first-order chi connectivity index (χ1) is 30.1. The second-order valence-electron chi connectivity index (χ2n) is 20.6. The third kappa shape index (κ3) is 5.43. The number of halogens is 6. The van der Waals surface area contributed by atoms with Crippen LogP contribution in [0.25, 0.3) is 0 Å². The fourth-order valence-corrected chi connectivity index (χ4v) is 14.8. The van der Waals surface area contributed by atoms with Gasteiger partial charge in [0.1, 0.15) is 30.1 Å². The number of rotatable bonds is 3. The summed E-state index contributed by atoms with van der Waals surface area (Å²) in [5.74, 6) is -9.68. The number of benzene rings is 1. The van der Waals surface area contributed by atoms with Crippen molar-refractivity contribution in [3.8, 4) is 0 Å². The Bertz CT molecular complexity index is 2430. The number of hydrogen-bond acceptors (Lipinski definition) is 10. The number of hydrogen-bond donors (Lipinski definition) is 6. The van der Waals surface area contributed by atoms with Crippen molar-refractivity contribution in [1.82, 2.24) is 0 Å². The summed E-state index contributed by atoms with van der Waals surface area (Å²) < 4.78 is 104. The number of carboxylic acid groups (broad SMARTS) is 2. The van der Waals surface area contributed by atoms with Crippen LogP contribution in [-0.2, 0) is 28.7 Å². The van der Waals surface area contributed by atoms with Gasteiger partial charge in [-0.2, -0.15) is 0 Å². The maximum absolute atomic E-state index is 17.2. The Kier molecular flexibility index (Phi) is 10.0. The molecular formula is C47H50F6O12. The molecule has 12 nitrogen and oxygen atoms in total. The van der Waals surface area contributed by atoms with Crippen molar-refractivity contribution in [2.45, 2.75) is 132 Å². The number of aliphatic hydroxyl groups is 4. The zero-order valence-electron chi connectivity index (χ0n) is 35.7. The van der Waals surface area contributed by atoms with Crippen LogP contribution in [0.15, 0.2) is 65.8 Å². The van der Waals surface area contributed by atoms with Crippen molar-refractivity contribution in [2.24, 2.45) is 45.3 Å². The molecule has 1 aromatic rings. The summed E-state index contributed by atoms with van der Waals surface area (Å²) in [4.78, 5) is 48.4. The Morgan fingerprint density at radius 1 is 0.692 bits per heavy atom. The lowest BCUT2D eigenvalue weighted by molar-refractivity contribution is -0.240. The van der Waals surface area contributed by atoms with E-state index < -0.39 is 152 Å². The van der Waals surface area contributed by atoms with Gasteiger partial charge in [-0.05, 0) is 112 Å². The monoisotopic (exact) mass is 920 g/mol. The van der Waals surface area contributed by atoms with Gasteiger partial charge in [-0.3, -0.25) is 9.59 Å². The molecular weight excluding hydrogens is 870 g/mol. The third-order valence-corrected chi connectivity index (χ3v) is 18.1. The van der Waals surface area contributed by atoms with Crippen molar-refractivity contribution in [1.29, 1.82) is 0 Å². The summed E-state index contributed by atoms with van der Waals surface area (Å²) in [5.41, 5.74) is -15.8. The quantitative estimate of drug-likeness (QED) is 0.216. The first kappa shape index (κ1) is 45.9. The van der Waals surface area contributed by atoms with Crippen LogP contribution in [0.5, 0.6) is 0 Å². The van der Waals surface area contributed by atoms with E-state index in [1.54, 1.807) is 6.92 Å². The van der Waals surface area contributed by atoms with Crippen LogP contribution in [0, 0.1) is 57.0 Å². The van der Waals surface area contributed by atoms with Crippen molar-refractivity contribution in [2.75, 3.05) is 0 Å². The van der Waals surface area contributed by atoms with E-state index in [1.807, 2.05) is 0 Å². The largest absolute Gasteiger partial charge is 0.479 e. The van der Waals surface area contributed by atoms with E-state index in [0.717, 1.165) is 36.4 Å². The highest BCUT2D eigenvalue weighted by Gasteiger charge is 2.81. The van der Waals surface area contributed by atoms with Crippen LogP contribution in [0.4, 0.5) is 26.3 Å². The van der Waals surface area contributed by atoms with Gasteiger partial charge >= 0.3 is 11.9 Å². The minimum atomic E-state index is -2.57. The fraction of sp³-hybridized carbons (Fsp3) is 0.617. The molecule has 1 unspecified atom stereocenters. The van der Waals surface area contributed by atoms with E-state index in [4.69, 9.17) is 9.47 Å². The highest BCUT2D eigenvalue weighted by Crippen LogP contribution is 2.73. The minimum absolute atomic E-state index is 0.0321. The molecule has 7 fully saturated rings. The second-order valence-corrected chi connectivity index (χ2v) is 20.6. The Hall–Kier alpha value is -4.20. The molecule has 1 saturated heterocycles.